The maximum atomic E-state index is 2.52. The zero-order valence-electron chi connectivity index (χ0n) is 27.6. The van der Waals surface area contributed by atoms with Gasteiger partial charge < -0.3 is 9.47 Å². The summed E-state index contributed by atoms with van der Waals surface area (Å²) in [7, 11) is 0. The van der Waals surface area contributed by atoms with Crippen LogP contribution in [0.5, 0.6) is 0 Å². The third-order valence-corrected chi connectivity index (χ3v) is 11.7. The van der Waals surface area contributed by atoms with Crippen molar-refractivity contribution in [1.82, 2.24) is 4.57 Å². The van der Waals surface area contributed by atoms with Crippen molar-refractivity contribution in [3.05, 3.63) is 182 Å². The van der Waals surface area contributed by atoms with Crippen LogP contribution in [0.3, 0.4) is 0 Å². The Bertz CT molecular complexity index is 3150. The van der Waals surface area contributed by atoms with E-state index in [4.69, 9.17) is 0 Å². The first-order chi connectivity index (χ1) is 25.3. The third kappa shape index (κ3) is 4.29. The maximum absolute atomic E-state index is 2.52. The summed E-state index contributed by atoms with van der Waals surface area (Å²) in [5.74, 6) is 0. The van der Waals surface area contributed by atoms with Crippen LogP contribution in [0.1, 0.15) is 0 Å². The molecule has 11 aromatic rings. The zero-order chi connectivity index (χ0) is 33.5. The monoisotopic (exact) mass is 666 g/mol. The molecular formula is C48H30N2S. The van der Waals surface area contributed by atoms with Gasteiger partial charge in [0.1, 0.15) is 0 Å². The fraction of sp³-hybridized carbons (Fsp3) is 0. The van der Waals surface area contributed by atoms with Crippen LogP contribution in [0, 0.1) is 0 Å². The summed E-state index contributed by atoms with van der Waals surface area (Å²) in [6.07, 6.45) is 0. The van der Waals surface area contributed by atoms with Crippen LogP contribution in [0.4, 0.5) is 17.1 Å². The standard InChI is InChI=1S/C48H30N2S/c1-2-17-36(18-3-1)49-41-20-10-21-42(46(41)40-29-34-15-6-7-16-35(34)30-44(40)49)50(37-26-24-31-12-4-5-14-33(31)28-37)43-22-11-23-45-47(43)39-27-25-32-13-8-9-19-38(32)48(39)51-45/h1-30H. The van der Waals surface area contributed by atoms with Gasteiger partial charge in [0.05, 0.1) is 22.4 Å². The summed E-state index contributed by atoms with van der Waals surface area (Å²) in [4.78, 5) is 2.52. The molecule has 0 bridgehead atoms. The van der Waals surface area contributed by atoms with Gasteiger partial charge in [-0.25, -0.2) is 0 Å². The summed E-state index contributed by atoms with van der Waals surface area (Å²) in [6, 6.07) is 66.8. The first-order valence-electron chi connectivity index (χ1n) is 17.4. The average molecular weight is 667 g/mol. The molecule has 0 radical (unpaired) electrons. The first-order valence-corrected chi connectivity index (χ1v) is 18.3. The molecule has 0 fully saturated rings. The summed E-state index contributed by atoms with van der Waals surface area (Å²) < 4.78 is 5.06. The quantitative estimate of drug-likeness (QED) is 0.181. The van der Waals surface area contributed by atoms with E-state index in [1.807, 2.05) is 11.3 Å². The van der Waals surface area contributed by atoms with Crippen molar-refractivity contribution in [2.75, 3.05) is 4.90 Å². The SMILES string of the molecule is c1ccc(-n2c3cc4ccccc4cc3c3c(N(c4ccc5ccccc5c4)c4cccc5sc6c7ccccc7ccc6c45)cccc32)cc1. The molecule has 51 heavy (non-hydrogen) atoms. The number of nitrogens with zero attached hydrogens (tertiary/aromatic N) is 2. The summed E-state index contributed by atoms with van der Waals surface area (Å²) in [6.45, 7) is 0. The molecule has 0 aliphatic rings. The Hall–Kier alpha value is -6.42. The van der Waals surface area contributed by atoms with Crippen molar-refractivity contribution in [2.24, 2.45) is 0 Å². The highest BCUT2D eigenvalue weighted by atomic mass is 32.1. The maximum Gasteiger partial charge on any atom is 0.0562 e. The van der Waals surface area contributed by atoms with Crippen LogP contribution < -0.4 is 4.90 Å². The highest BCUT2D eigenvalue weighted by Crippen LogP contribution is 2.50. The van der Waals surface area contributed by atoms with Gasteiger partial charge in [-0.2, -0.15) is 0 Å². The van der Waals surface area contributed by atoms with E-state index in [9.17, 15) is 0 Å². The first kappa shape index (κ1) is 28.4. The molecule has 11 rings (SSSR count). The Labute approximate surface area is 298 Å². The Morgan fingerprint density at radius 1 is 0.392 bits per heavy atom. The van der Waals surface area contributed by atoms with E-state index in [1.165, 1.54) is 80.0 Å². The number of para-hydroxylation sites is 1. The number of hydrogen-bond donors (Lipinski definition) is 0. The van der Waals surface area contributed by atoms with Gasteiger partial charge in [0.25, 0.3) is 0 Å². The molecule has 0 atom stereocenters. The fourth-order valence-electron chi connectivity index (χ4n) is 8.22. The third-order valence-electron chi connectivity index (χ3n) is 10.5. The van der Waals surface area contributed by atoms with Gasteiger partial charge in [-0.05, 0) is 93.0 Å². The minimum Gasteiger partial charge on any atom is -0.309 e. The Balaban J connectivity index is 1.29. The predicted molar refractivity (Wildman–Crippen MR) is 221 cm³/mol. The Morgan fingerprint density at radius 3 is 1.86 bits per heavy atom. The number of aromatic nitrogens is 1. The van der Waals surface area contributed by atoms with Gasteiger partial charge in [-0.15, -0.1) is 11.3 Å². The molecular weight excluding hydrogens is 637 g/mol. The minimum absolute atomic E-state index is 1.13. The lowest BCUT2D eigenvalue weighted by Gasteiger charge is -2.28. The van der Waals surface area contributed by atoms with Crippen LogP contribution in [-0.2, 0) is 0 Å². The normalized spacial score (nSPS) is 11.9. The average Bonchev–Trinajstić information content (AvgIpc) is 3.74. The molecule has 0 N–H and O–H groups in total. The van der Waals surface area contributed by atoms with Crippen molar-refractivity contribution in [3.63, 3.8) is 0 Å². The van der Waals surface area contributed by atoms with Crippen LogP contribution in [-0.4, -0.2) is 4.57 Å². The molecule has 0 saturated carbocycles. The van der Waals surface area contributed by atoms with Crippen molar-refractivity contribution in [1.29, 1.82) is 0 Å². The van der Waals surface area contributed by atoms with E-state index in [2.05, 4.69) is 191 Å². The van der Waals surface area contributed by atoms with Gasteiger partial charge in [0, 0.05) is 42.3 Å². The number of thiophene rings is 1. The van der Waals surface area contributed by atoms with Crippen LogP contribution in [0.25, 0.3) is 80.0 Å². The van der Waals surface area contributed by atoms with Crippen molar-refractivity contribution in [2.45, 2.75) is 0 Å². The van der Waals surface area contributed by atoms with E-state index in [1.54, 1.807) is 0 Å². The summed E-state index contributed by atoms with van der Waals surface area (Å²) >= 11 is 1.89. The van der Waals surface area contributed by atoms with E-state index in [-0.39, 0.29) is 0 Å². The number of anilines is 3. The molecule has 0 aliphatic heterocycles. The molecule has 2 heterocycles. The number of hydrogen-bond acceptors (Lipinski definition) is 2. The molecule has 238 valence electrons. The van der Waals surface area contributed by atoms with E-state index in [0.717, 1.165) is 17.1 Å². The van der Waals surface area contributed by atoms with E-state index < -0.39 is 0 Å². The molecule has 0 saturated heterocycles. The highest BCUT2D eigenvalue weighted by molar-refractivity contribution is 7.26. The Kier molecular flexibility index (Phi) is 6.16. The van der Waals surface area contributed by atoms with Gasteiger partial charge >= 0.3 is 0 Å². The van der Waals surface area contributed by atoms with E-state index >= 15 is 0 Å². The largest absolute Gasteiger partial charge is 0.309 e. The van der Waals surface area contributed by atoms with Gasteiger partial charge in [0.2, 0.25) is 0 Å². The summed E-state index contributed by atoms with van der Waals surface area (Å²) in [5, 5.41) is 12.6. The molecule has 0 amide bonds. The van der Waals surface area contributed by atoms with Gasteiger partial charge in [-0.1, -0.05) is 121 Å². The van der Waals surface area contributed by atoms with Crippen molar-refractivity contribution >= 4 is 103 Å². The fourth-order valence-corrected chi connectivity index (χ4v) is 9.48. The van der Waals surface area contributed by atoms with Crippen LogP contribution in [0.2, 0.25) is 0 Å². The minimum atomic E-state index is 1.13. The summed E-state index contributed by atoms with van der Waals surface area (Å²) in [5.41, 5.74) is 7.01. The lowest BCUT2D eigenvalue weighted by atomic mass is 10.0. The molecule has 3 heteroatoms. The smallest absolute Gasteiger partial charge is 0.0562 e. The molecule has 2 aromatic heterocycles. The second-order valence-electron chi connectivity index (χ2n) is 13.3. The van der Waals surface area contributed by atoms with Crippen molar-refractivity contribution in [3.8, 4) is 5.69 Å². The van der Waals surface area contributed by atoms with E-state index in [0.29, 0.717) is 0 Å². The Morgan fingerprint density at radius 2 is 1.04 bits per heavy atom. The number of rotatable bonds is 4. The molecule has 2 nitrogen and oxygen atoms in total. The highest BCUT2D eigenvalue weighted by Gasteiger charge is 2.24. The van der Waals surface area contributed by atoms with Crippen LogP contribution >= 0.6 is 11.3 Å². The molecule has 0 spiro atoms. The lowest BCUT2D eigenvalue weighted by Crippen LogP contribution is -2.11. The topological polar surface area (TPSA) is 8.17 Å². The molecule has 0 unspecified atom stereocenters. The lowest BCUT2D eigenvalue weighted by molar-refractivity contribution is 1.18. The molecule has 0 aliphatic carbocycles. The zero-order valence-corrected chi connectivity index (χ0v) is 28.4. The van der Waals surface area contributed by atoms with Crippen LogP contribution in [0.15, 0.2) is 182 Å². The van der Waals surface area contributed by atoms with Crippen molar-refractivity contribution < 1.29 is 0 Å². The van der Waals surface area contributed by atoms with Gasteiger partial charge in [0.15, 0.2) is 0 Å². The number of fused-ring (bicyclic) bond motifs is 10. The predicted octanol–water partition coefficient (Wildman–Crippen LogP) is 14.1. The number of benzene rings is 9. The second kappa shape index (κ2) is 11.0. The molecule has 9 aromatic carbocycles. The second-order valence-corrected chi connectivity index (χ2v) is 14.4. The van der Waals surface area contributed by atoms with Gasteiger partial charge in [-0.3, -0.25) is 0 Å².